The van der Waals surface area contributed by atoms with E-state index in [1.54, 1.807) is 5.32 Å². The van der Waals surface area contributed by atoms with Gasteiger partial charge in [0.2, 0.25) is 11.8 Å². The second-order valence-corrected chi connectivity index (χ2v) is 9.48. The smallest absolute Gasteiger partial charge is 0.342 e. The van der Waals surface area contributed by atoms with Crippen LogP contribution in [-0.4, -0.2) is 55.1 Å². The van der Waals surface area contributed by atoms with E-state index in [0.717, 1.165) is 12.8 Å². The Hall–Kier alpha value is -2.39. The lowest BCUT2D eigenvalue weighted by molar-refractivity contribution is -0.175. The van der Waals surface area contributed by atoms with Gasteiger partial charge in [-0.25, -0.2) is 0 Å². The molecule has 0 aromatic carbocycles. The average Bonchev–Trinajstić information content (AvgIpc) is 3.52. The van der Waals surface area contributed by atoms with Gasteiger partial charge in [-0.05, 0) is 24.2 Å². The van der Waals surface area contributed by atoms with Crippen LogP contribution in [0.4, 0.5) is 13.2 Å². The van der Waals surface area contributed by atoms with Crippen LogP contribution in [0.5, 0.6) is 0 Å². The number of carbonyl (C=O) groups is 3. The first-order valence-electron chi connectivity index (χ1n) is 10.7. The van der Waals surface area contributed by atoms with E-state index >= 15 is 0 Å². The fraction of sp³-hybridized carbons (Fsp3) is 0.800. The van der Waals surface area contributed by atoms with Gasteiger partial charge in [0.05, 0.1) is 6.07 Å². The minimum atomic E-state index is -5.14. The fourth-order valence-electron chi connectivity index (χ4n) is 3.51. The molecule has 180 valence electrons. The lowest BCUT2D eigenvalue weighted by atomic mass is 9.85. The zero-order valence-electron chi connectivity index (χ0n) is 18.4. The fourth-order valence-corrected chi connectivity index (χ4v) is 3.51. The molecule has 1 heterocycles. The minimum Gasteiger partial charge on any atom is -0.342 e. The maximum Gasteiger partial charge on any atom is 0.471 e. The number of alkyl halides is 3. The van der Waals surface area contributed by atoms with Crippen molar-refractivity contribution in [3.8, 4) is 6.07 Å². The average molecular weight is 461 g/mol. The Labute approximate surface area is 185 Å². The van der Waals surface area contributed by atoms with E-state index in [1.807, 2.05) is 0 Å². The molecule has 0 radical (unpaired) electrons. The van der Waals surface area contributed by atoms with E-state index < -0.39 is 47.4 Å². The maximum atomic E-state index is 12.9. The quantitative estimate of drug-likeness (QED) is 0.358. The largest absolute Gasteiger partial charge is 0.471 e. The number of nitrogens with zero attached hydrogens (tertiary/aromatic N) is 1. The number of carbonyl (C=O) groups excluding carboxylic acids is 3. The highest BCUT2D eigenvalue weighted by atomic mass is 19.4. The van der Waals surface area contributed by atoms with E-state index in [1.165, 1.54) is 20.8 Å². The number of hydrogen-bond acceptors (Lipinski definition) is 6. The van der Waals surface area contributed by atoms with Gasteiger partial charge in [-0.1, -0.05) is 33.6 Å². The molecule has 0 aromatic rings. The van der Waals surface area contributed by atoms with Gasteiger partial charge < -0.3 is 16.0 Å². The molecule has 1 aliphatic heterocycles. The number of amides is 3. The molecule has 9 nitrogen and oxygen atoms in total. The molecule has 2 fully saturated rings. The van der Waals surface area contributed by atoms with Crippen LogP contribution in [0.25, 0.3) is 0 Å². The summed E-state index contributed by atoms with van der Waals surface area (Å²) in [7, 11) is 0. The Morgan fingerprint density at radius 3 is 2.16 bits per heavy atom. The summed E-state index contributed by atoms with van der Waals surface area (Å²) in [6.45, 7) is 5.65. The van der Waals surface area contributed by atoms with E-state index in [2.05, 4.69) is 27.6 Å². The molecule has 2 rings (SSSR count). The summed E-state index contributed by atoms with van der Waals surface area (Å²) in [5, 5.41) is 16.4. The van der Waals surface area contributed by atoms with Crippen LogP contribution in [0.3, 0.4) is 0 Å². The van der Waals surface area contributed by atoms with Crippen LogP contribution < -0.4 is 26.8 Å². The molecule has 4 unspecified atom stereocenters. The van der Waals surface area contributed by atoms with Gasteiger partial charge in [-0.3, -0.25) is 25.2 Å². The molecule has 4 atom stereocenters. The first kappa shape index (κ1) is 25.9. The van der Waals surface area contributed by atoms with Gasteiger partial charge in [-0.2, -0.15) is 18.4 Å². The summed E-state index contributed by atoms with van der Waals surface area (Å²) < 4.78 is 38.2. The molecule has 2 aliphatic rings. The molecule has 5 N–H and O–H groups in total. The van der Waals surface area contributed by atoms with Crippen LogP contribution in [0.1, 0.15) is 46.5 Å². The number of hydrazine groups is 1. The van der Waals surface area contributed by atoms with Crippen LogP contribution in [0.2, 0.25) is 0 Å². The van der Waals surface area contributed by atoms with Crippen molar-refractivity contribution in [1.29, 1.82) is 5.26 Å². The van der Waals surface area contributed by atoms with Gasteiger partial charge in [0.15, 0.2) is 0 Å². The molecular formula is C20H31F3N6O3. The molecule has 1 aliphatic carbocycles. The van der Waals surface area contributed by atoms with E-state index in [4.69, 9.17) is 0 Å². The van der Waals surface area contributed by atoms with Crippen LogP contribution in [0.15, 0.2) is 0 Å². The van der Waals surface area contributed by atoms with Crippen LogP contribution in [-0.2, 0) is 14.4 Å². The minimum absolute atomic E-state index is 0.129. The van der Waals surface area contributed by atoms with Crippen molar-refractivity contribution in [3.05, 3.63) is 0 Å². The molecule has 0 spiro atoms. The third-order valence-electron chi connectivity index (χ3n) is 5.60. The Morgan fingerprint density at radius 1 is 1.03 bits per heavy atom. The summed E-state index contributed by atoms with van der Waals surface area (Å²) in [6, 6.07) is -1.23. The van der Waals surface area contributed by atoms with Gasteiger partial charge >= 0.3 is 12.1 Å². The summed E-state index contributed by atoms with van der Waals surface area (Å²) in [6.07, 6.45) is -2.40. The van der Waals surface area contributed by atoms with Crippen molar-refractivity contribution in [1.82, 2.24) is 26.8 Å². The first-order chi connectivity index (χ1) is 14.8. The summed E-state index contributed by atoms with van der Waals surface area (Å²) in [5.74, 6) is -3.59. The highest BCUT2D eigenvalue weighted by Crippen LogP contribution is 2.34. The second kappa shape index (κ2) is 10.5. The van der Waals surface area contributed by atoms with E-state index in [0.29, 0.717) is 25.9 Å². The predicted octanol–water partition coefficient (Wildman–Crippen LogP) is 0.487. The van der Waals surface area contributed by atoms with Gasteiger partial charge in [0.1, 0.15) is 18.1 Å². The van der Waals surface area contributed by atoms with Gasteiger partial charge in [0.25, 0.3) is 0 Å². The molecular weight excluding hydrogens is 429 g/mol. The lowest BCUT2D eigenvalue weighted by Gasteiger charge is -2.32. The highest BCUT2D eigenvalue weighted by Gasteiger charge is 2.44. The summed E-state index contributed by atoms with van der Waals surface area (Å²) >= 11 is 0. The molecule has 12 heteroatoms. The SMILES string of the molecule is CC(C)(C)C(NC(=O)C(F)(F)F)C(=O)NC(CC1CC1)C(=O)NC(C#N)C1CCNNC1. The predicted molar refractivity (Wildman–Crippen MR) is 108 cm³/mol. The Balaban J connectivity index is 2.11. The van der Waals surface area contributed by atoms with Crippen molar-refractivity contribution in [3.63, 3.8) is 0 Å². The number of nitrogens with one attached hydrogen (secondary N) is 5. The van der Waals surface area contributed by atoms with Crippen molar-refractivity contribution >= 4 is 17.7 Å². The summed E-state index contributed by atoms with van der Waals surface area (Å²) in [4.78, 5) is 37.2. The van der Waals surface area contributed by atoms with Crippen molar-refractivity contribution in [2.45, 2.75) is 70.8 Å². The third-order valence-corrected chi connectivity index (χ3v) is 5.60. The number of halogens is 3. The number of nitriles is 1. The van der Waals surface area contributed by atoms with Crippen molar-refractivity contribution in [2.75, 3.05) is 13.1 Å². The Morgan fingerprint density at radius 2 is 1.69 bits per heavy atom. The zero-order chi connectivity index (χ0) is 24.1. The lowest BCUT2D eigenvalue weighted by Crippen LogP contribution is -2.60. The number of rotatable bonds is 8. The maximum absolute atomic E-state index is 12.9. The van der Waals surface area contributed by atoms with Crippen LogP contribution >= 0.6 is 0 Å². The van der Waals surface area contributed by atoms with E-state index in [-0.39, 0.29) is 11.8 Å². The first-order valence-corrected chi connectivity index (χ1v) is 10.7. The normalized spacial score (nSPS) is 22.1. The second-order valence-electron chi connectivity index (χ2n) is 9.48. The molecule has 1 saturated heterocycles. The molecule has 32 heavy (non-hydrogen) atoms. The standard InChI is InChI=1S/C20H31F3N6O3/c1-19(2,3)15(29-18(32)20(21,22)23)17(31)27-13(8-11-4-5-11)16(30)28-14(9-24)12-6-7-25-26-10-12/h11-15,25-26H,4-8,10H2,1-3H3,(H,27,31)(H,28,30)(H,29,32). The van der Waals surface area contributed by atoms with Crippen molar-refractivity contribution in [2.24, 2.45) is 17.3 Å². The van der Waals surface area contributed by atoms with Crippen molar-refractivity contribution < 1.29 is 27.6 Å². The monoisotopic (exact) mass is 460 g/mol. The number of hydrogen-bond donors (Lipinski definition) is 5. The van der Waals surface area contributed by atoms with Gasteiger partial charge in [0, 0.05) is 19.0 Å². The highest BCUT2D eigenvalue weighted by molar-refractivity contribution is 5.93. The topological polar surface area (TPSA) is 135 Å². The molecule has 3 amide bonds. The molecule has 0 aromatic heterocycles. The third kappa shape index (κ3) is 7.63. The summed E-state index contributed by atoms with van der Waals surface area (Å²) in [5.41, 5.74) is 4.83. The molecule has 1 saturated carbocycles. The van der Waals surface area contributed by atoms with E-state index in [9.17, 15) is 32.8 Å². The van der Waals surface area contributed by atoms with Crippen LogP contribution in [0, 0.1) is 28.6 Å². The van der Waals surface area contributed by atoms with Gasteiger partial charge in [-0.15, -0.1) is 0 Å². The Kier molecular flexibility index (Phi) is 8.47. The molecule has 0 bridgehead atoms. The Bertz CT molecular complexity index is 736. The zero-order valence-corrected chi connectivity index (χ0v) is 18.4.